The van der Waals surface area contributed by atoms with E-state index in [4.69, 9.17) is 9.47 Å². The molecule has 0 bridgehead atoms. The lowest BCUT2D eigenvalue weighted by Gasteiger charge is -2.15. The van der Waals surface area contributed by atoms with Gasteiger partial charge in [-0.1, -0.05) is 422 Å². The maximum absolute atomic E-state index is 12.4. The number of esters is 2. The lowest BCUT2D eigenvalue weighted by Crippen LogP contribution is -2.28. The van der Waals surface area contributed by atoms with E-state index >= 15 is 0 Å². The number of aliphatic hydroxyl groups is 1. The molecule has 1 N–H and O–H groups in total. The van der Waals surface area contributed by atoms with Crippen molar-refractivity contribution in [2.75, 3.05) is 13.2 Å². The van der Waals surface area contributed by atoms with Crippen LogP contribution in [0.2, 0.25) is 0 Å². The molecule has 0 aliphatic carbocycles. The van der Waals surface area contributed by atoms with E-state index in [0.717, 1.165) is 57.8 Å². The van der Waals surface area contributed by atoms with Gasteiger partial charge < -0.3 is 14.6 Å². The molecule has 0 aromatic heterocycles. The Morgan fingerprint density at radius 1 is 0.279 bits per heavy atom. The van der Waals surface area contributed by atoms with Gasteiger partial charge in [0.15, 0.2) is 6.10 Å². The number of unbranched alkanes of at least 4 members (excludes halogenated alkanes) is 58. The second-order valence-corrected chi connectivity index (χ2v) is 26.8. The summed E-state index contributed by atoms with van der Waals surface area (Å²) < 4.78 is 10.8. The van der Waals surface area contributed by atoms with Gasteiger partial charge in [0.25, 0.3) is 0 Å². The summed E-state index contributed by atoms with van der Waals surface area (Å²) in [4.78, 5) is 24.7. The fourth-order valence-electron chi connectivity index (χ4n) is 12.3. The zero-order chi connectivity index (χ0) is 61.9. The molecule has 0 spiro atoms. The van der Waals surface area contributed by atoms with Crippen LogP contribution in [0.5, 0.6) is 0 Å². The molecule has 0 aliphatic rings. The van der Waals surface area contributed by atoms with Crippen LogP contribution in [0.3, 0.4) is 0 Å². The zero-order valence-corrected chi connectivity index (χ0v) is 58.4. The SMILES string of the molecule is CC/C=C\C/C=C\C/C=C\C/C=C\CCCCCCCCCCCCCCCCCCCCC(=O)OC(CO)COC(=O)CCCCCCCCCCCCCCCCCCCCCCCCCCCCCCCCCCCCCCCCCCC. The Kier molecular flexibility index (Phi) is 75.2. The van der Waals surface area contributed by atoms with Crippen LogP contribution in [0.25, 0.3) is 0 Å². The summed E-state index contributed by atoms with van der Waals surface area (Å²) in [6.07, 6.45) is 105. The van der Waals surface area contributed by atoms with Crippen molar-refractivity contribution >= 4 is 11.9 Å². The summed E-state index contributed by atoms with van der Waals surface area (Å²) in [7, 11) is 0. The fourth-order valence-corrected chi connectivity index (χ4v) is 12.3. The minimum atomic E-state index is -0.771. The van der Waals surface area contributed by atoms with Crippen LogP contribution in [0.1, 0.15) is 438 Å². The van der Waals surface area contributed by atoms with Crippen molar-refractivity contribution in [1.29, 1.82) is 0 Å². The van der Waals surface area contributed by atoms with Crippen molar-refractivity contribution in [3.8, 4) is 0 Å². The van der Waals surface area contributed by atoms with Gasteiger partial charge >= 0.3 is 11.9 Å². The van der Waals surface area contributed by atoms with E-state index in [2.05, 4.69) is 62.5 Å². The van der Waals surface area contributed by atoms with Crippen LogP contribution in [0.15, 0.2) is 48.6 Å². The van der Waals surface area contributed by atoms with E-state index in [-0.39, 0.29) is 25.2 Å². The van der Waals surface area contributed by atoms with Gasteiger partial charge in [-0.2, -0.15) is 0 Å². The molecule has 5 nitrogen and oxygen atoms in total. The third-order valence-corrected chi connectivity index (χ3v) is 18.1. The first kappa shape index (κ1) is 83.9. The molecule has 0 aliphatic heterocycles. The largest absolute Gasteiger partial charge is 0.462 e. The smallest absolute Gasteiger partial charge is 0.306 e. The molecule has 0 aromatic carbocycles. The first-order chi connectivity index (χ1) is 42.6. The molecule has 1 unspecified atom stereocenters. The number of allylic oxidation sites excluding steroid dienone is 8. The Morgan fingerprint density at radius 2 is 0.500 bits per heavy atom. The minimum absolute atomic E-state index is 0.0597. The first-order valence-corrected chi connectivity index (χ1v) is 39.2. The van der Waals surface area contributed by atoms with Crippen LogP contribution in [0.4, 0.5) is 0 Å². The predicted molar refractivity (Wildman–Crippen MR) is 381 cm³/mol. The normalized spacial score (nSPS) is 12.4. The Morgan fingerprint density at radius 3 is 0.756 bits per heavy atom. The number of carbonyl (C=O) groups excluding carboxylic acids is 2. The summed E-state index contributed by atoms with van der Waals surface area (Å²) in [5.74, 6) is -0.565. The summed E-state index contributed by atoms with van der Waals surface area (Å²) in [5.41, 5.74) is 0. The van der Waals surface area contributed by atoms with Gasteiger partial charge in [0.2, 0.25) is 0 Å². The van der Waals surface area contributed by atoms with Gasteiger partial charge in [-0.3, -0.25) is 9.59 Å². The van der Waals surface area contributed by atoms with Gasteiger partial charge in [-0.15, -0.1) is 0 Å². The molecule has 0 saturated heterocycles. The molecule has 5 heteroatoms. The molecule has 0 radical (unpaired) electrons. The number of hydrogen-bond acceptors (Lipinski definition) is 5. The summed E-state index contributed by atoms with van der Waals surface area (Å²) in [6.45, 7) is 4.10. The highest BCUT2D eigenvalue weighted by Crippen LogP contribution is 2.20. The summed E-state index contributed by atoms with van der Waals surface area (Å²) in [6, 6.07) is 0. The Hall–Kier alpha value is -2.14. The zero-order valence-electron chi connectivity index (χ0n) is 58.4. The van der Waals surface area contributed by atoms with Crippen molar-refractivity contribution in [3.05, 3.63) is 48.6 Å². The van der Waals surface area contributed by atoms with Crippen LogP contribution in [-0.4, -0.2) is 36.4 Å². The van der Waals surface area contributed by atoms with Crippen LogP contribution in [-0.2, 0) is 19.1 Å². The molecule has 1 atom stereocenters. The average Bonchev–Trinajstić information content (AvgIpc) is 3.55. The molecule has 0 fully saturated rings. The molecular formula is C81H152O5. The van der Waals surface area contributed by atoms with Crippen LogP contribution in [0, 0.1) is 0 Å². The lowest BCUT2D eigenvalue weighted by atomic mass is 10.0. The van der Waals surface area contributed by atoms with Gasteiger partial charge in [-0.25, -0.2) is 0 Å². The highest BCUT2D eigenvalue weighted by atomic mass is 16.6. The second kappa shape index (κ2) is 77.1. The van der Waals surface area contributed by atoms with Gasteiger partial charge in [0, 0.05) is 12.8 Å². The molecule has 0 amide bonds. The maximum Gasteiger partial charge on any atom is 0.306 e. The second-order valence-electron chi connectivity index (χ2n) is 26.8. The minimum Gasteiger partial charge on any atom is -0.462 e. The Balaban J connectivity index is 3.35. The molecule has 0 saturated carbocycles. The average molecular weight is 1210 g/mol. The van der Waals surface area contributed by atoms with E-state index in [1.165, 1.54) is 353 Å². The third-order valence-electron chi connectivity index (χ3n) is 18.1. The number of aliphatic hydroxyl groups excluding tert-OH is 1. The molecular weight excluding hydrogens is 1050 g/mol. The van der Waals surface area contributed by atoms with E-state index in [1.54, 1.807) is 0 Å². The Bertz CT molecular complexity index is 1410. The maximum atomic E-state index is 12.4. The molecule has 0 rings (SSSR count). The van der Waals surface area contributed by atoms with Crippen molar-refractivity contribution in [2.24, 2.45) is 0 Å². The van der Waals surface area contributed by atoms with Crippen molar-refractivity contribution in [3.63, 3.8) is 0 Å². The molecule has 0 aromatic rings. The lowest BCUT2D eigenvalue weighted by molar-refractivity contribution is -0.161. The summed E-state index contributed by atoms with van der Waals surface area (Å²) in [5, 5.41) is 9.72. The standard InChI is InChI=1S/C81H152O5/c1-3-5-7-9-11-13-15-17-19-21-23-25-27-29-31-33-35-36-37-38-39-40-41-42-43-44-46-47-49-51-53-55-57-59-61-63-65-67-69-71-73-75-80(83)85-78-79(77-82)86-81(84)76-74-72-70-68-66-64-62-60-58-56-54-52-50-48-45-34-32-30-28-26-24-22-20-18-16-14-12-10-8-6-4-2/h6,8,12,14,18,20,24,26,79,82H,3-5,7,9-11,13,15-17,19,21-23,25,27-78H2,1-2H3/b8-6-,14-12-,20-18-,26-24-. The number of ether oxygens (including phenoxy) is 2. The topological polar surface area (TPSA) is 72.8 Å². The van der Waals surface area contributed by atoms with Gasteiger partial charge in [-0.05, 0) is 51.4 Å². The van der Waals surface area contributed by atoms with Crippen LogP contribution >= 0.6 is 0 Å². The summed E-state index contributed by atoms with van der Waals surface area (Å²) >= 11 is 0. The number of rotatable bonds is 74. The van der Waals surface area contributed by atoms with Crippen molar-refractivity contribution in [1.82, 2.24) is 0 Å². The Labute approximate surface area is 539 Å². The molecule has 86 heavy (non-hydrogen) atoms. The third kappa shape index (κ3) is 74.3. The van der Waals surface area contributed by atoms with Crippen LogP contribution < -0.4 is 0 Å². The quantitative estimate of drug-likeness (QED) is 0.0373. The van der Waals surface area contributed by atoms with E-state index < -0.39 is 6.10 Å². The monoisotopic (exact) mass is 1210 g/mol. The molecule has 0 heterocycles. The van der Waals surface area contributed by atoms with E-state index in [1.807, 2.05) is 0 Å². The number of hydrogen-bond donors (Lipinski definition) is 1. The first-order valence-electron chi connectivity index (χ1n) is 39.2. The predicted octanol–water partition coefficient (Wildman–Crippen LogP) is 27.4. The highest BCUT2D eigenvalue weighted by molar-refractivity contribution is 5.70. The van der Waals surface area contributed by atoms with Gasteiger partial charge in [0.1, 0.15) is 6.61 Å². The molecule has 506 valence electrons. The highest BCUT2D eigenvalue weighted by Gasteiger charge is 2.16. The van der Waals surface area contributed by atoms with Gasteiger partial charge in [0.05, 0.1) is 6.61 Å². The van der Waals surface area contributed by atoms with Crippen molar-refractivity contribution in [2.45, 2.75) is 444 Å². The van der Waals surface area contributed by atoms with E-state index in [9.17, 15) is 14.7 Å². The fraction of sp³-hybridized carbons (Fsp3) is 0.877. The van der Waals surface area contributed by atoms with Crippen molar-refractivity contribution < 1.29 is 24.2 Å². The van der Waals surface area contributed by atoms with E-state index in [0.29, 0.717) is 12.8 Å². The number of carbonyl (C=O) groups is 2.